The van der Waals surface area contributed by atoms with Crippen molar-refractivity contribution in [2.75, 3.05) is 40.4 Å². The van der Waals surface area contributed by atoms with Gasteiger partial charge in [0.1, 0.15) is 11.7 Å². The van der Waals surface area contributed by atoms with E-state index in [4.69, 9.17) is 21.1 Å². The third kappa shape index (κ3) is 7.08. The van der Waals surface area contributed by atoms with E-state index in [1.54, 1.807) is 4.90 Å². The second kappa shape index (κ2) is 14.0. The van der Waals surface area contributed by atoms with Gasteiger partial charge in [0.05, 0.1) is 19.8 Å². The van der Waals surface area contributed by atoms with E-state index in [-0.39, 0.29) is 32.1 Å². The molecule has 2 amide bonds. The second-order valence-corrected chi connectivity index (χ2v) is 10.6. The SMILES string of the molecule is CNCc1ccc(C(=O)N2CCOC(C(O)(CCCOC(=O)NC)c3c(C)ccc(Cl)c3-c3ccccc3)C2)cc1. The molecule has 1 heterocycles. The highest BCUT2D eigenvalue weighted by molar-refractivity contribution is 6.33. The fraction of sp³-hybridized carbons (Fsp3) is 0.375. The maximum absolute atomic E-state index is 13.5. The number of halogens is 1. The van der Waals surface area contributed by atoms with E-state index in [1.165, 1.54) is 7.05 Å². The number of amides is 2. The monoisotopic (exact) mass is 579 g/mol. The van der Waals surface area contributed by atoms with Crippen LogP contribution in [0.25, 0.3) is 11.1 Å². The first-order valence-electron chi connectivity index (χ1n) is 13.8. The Hall–Kier alpha value is -3.43. The van der Waals surface area contributed by atoms with Crippen LogP contribution in [0.2, 0.25) is 5.02 Å². The van der Waals surface area contributed by atoms with Gasteiger partial charge in [-0.15, -0.1) is 0 Å². The molecule has 0 saturated carbocycles. The van der Waals surface area contributed by atoms with Crippen molar-refractivity contribution < 1.29 is 24.2 Å². The van der Waals surface area contributed by atoms with Gasteiger partial charge in [0.15, 0.2) is 0 Å². The number of hydrogen-bond donors (Lipinski definition) is 3. The van der Waals surface area contributed by atoms with E-state index in [1.807, 2.05) is 80.7 Å². The maximum atomic E-state index is 13.5. The van der Waals surface area contributed by atoms with Crippen LogP contribution in [0.1, 0.15) is 39.9 Å². The molecule has 218 valence electrons. The van der Waals surface area contributed by atoms with Gasteiger partial charge in [0, 0.05) is 36.3 Å². The first kappa shape index (κ1) is 30.5. The molecule has 1 aliphatic heterocycles. The third-order valence-electron chi connectivity index (χ3n) is 7.47. The van der Waals surface area contributed by atoms with Gasteiger partial charge in [-0.05, 0) is 67.3 Å². The predicted octanol–water partition coefficient (Wildman–Crippen LogP) is 4.90. The Kier molecular flexibility index (Phi) is 10.4. The van der Waals surface area contributed by atoms with Crippen molar-refractivity contribution in [3.05, 3.63) is 94.0 Å². The molecule has 0 aromatic heterocycles. The number of alkyl carbamates (subject to hydrolysis) is 1. The van der Waals surface area contributed by atoms with Crippen LogP contribution in [-0.4, -0.2) is 68.5 Å². The Morgan fingerprint density at radius 1 is 1.10 bits per heavy atom. The van der Waals surface area contributed by atoms with Gasteiger partial charge in [0.25, 0.3) is 5.91 Å². The Morgan fingerprint density at radius 3 is 2.51 bits per heavy atom. The summed E-state index contributed by atoms with van der Waals surface area (Å²) in [6.45, 7) is 3.62. The van der Waals surface area contributed by atoms with Gasteiger partial charge in [-0.3, -0.25) is 4.79 Å². The van der Waals surface area contributed by atoms with Crippen LogP contribution >= 0.6 is 11.6 Å². The summed E-state index contributed by atoms with van der Waals surface area (Å²) in [6, 6.07) is 20.9. The number of benzene rings is 3. The summed E-state index contributed by atoms with van der Waals surface area (Å²) in [4.78, 5) is 26.9. The van der Waals surface area contributed by atoms with Crippen molar-refractivity contribution in [2.24, 2.45) is 0 Å². The lowest BCUT2D eigenvalue weighted by molar-refractivity contribution is -0.147. The lowest BCUT2D eigenvalue weighted by atomic mass is 9.77. The normalized spacial score (nSPS) is 16.6. The molecule has 0 spiro atoms. The van der Waals surface area contributed by atoms with Crippen molar-refractivity contribution in [3.8, 4) is 11.1 Å². The molecular weight excluding hydrogens is 542 g/mol. The van der Waals surface area contributed by atoms with Gasteiger partial charge >= 0.3 is 6.09 Å². The van der Waals surface area contributed by atoms with Gasteiger partial charge in [-0.25, -0.2) is 4.79 Å². The molecule has 0 bridgehead atoms. The number of ether oxygens (including phenoxy) is 2. The Bertz CT molecular complexity index is 1340. The summed E-state index contributed by atoms with van der Waals surface area (Å²) < 4.78 is 11.5. The fourth-order valence-electron chi connectivity index (χ4n) is 5.43. The highest BCUT2D eigenvalue weighted by atomic mass is 35.5. The Balaban J connectivity index is 1.70. The Morgan fingerprint density at radius 2 is 1.83 bits per heavy atom. The number of aliphatic hydroxyl groups is 1. The number of carbonyl (C=O) groups is 2. The van der Waals surface area contributed by atoms with Gasteiger partial charge in [0.2, 0.25) is 0 Å². The van der Waals surface area contributed by atoms with Crippen LogP contribution in [0.3, 0.4) is 0 Å². The van der Waals surface area contributed by atoms with Crippen LogP contribution in [0, 0.1) is 6.92 Å². The highest BCUT2D eigenvalue weighted by Gasteiger charge is 2.45. The molecule has 1 fully saturated rings. The highest BCUT2D eigenvalue weighted by Crippen LogP contribution is 2.44. The molecule has 2 atom stereocenters. The molecule has 0 aliphatic carbocycles. The summed E-state index contributed by atoms with van der Waals surface area (Å²) in [5, 5.41) is 18.7. The third-order valence-corrected chi connectivity index (χ3v) is 7.78. The zero-order valence-corrected chi connectivity index (χ0v) is 24.5. The van der Waals surface area contributed by atoms with E-state index in [0.29, 0.717) is 41.2 Å². The van der Waals surface area contributed by atoms with Crippen LogP contribution in [-0.2, 0) is 21.6 Å². The molecule has 3 aromatic carbocycles. The van der Waals surface area contributed by atoms with E-state index < -0.39 is 17.8 Å². The summed E-state index contributed by atoms with van der Waals surface area (Å²) in [5.41, 5.74) is 3.19. The molecule has 4 rings (SSSR count). The summed E-state index contributed by atoms with van der Waals surface area (Å²) >= 11 is 6.80. The molecule has 8 nitrogen and oxygen atoms in total. The summed E-state index contributed by atoms with van der Waals surface area (Å²) in [7, 11) is 3.37. The van der Waals surface area contributed by atoms with Gasteiger partial charge < -0.3 is 30.1 Å². The smallest absolute Gasteiger partial charge is 0.406 e. The molecule has 0 radical (unpaired) electrons. The van der Waals surface area contributed by atoms with E-state index >= 15 is 0 Å². The van der Waals surface area contributed by atoms with Crippen molar-refractivity contribution in [1.82, 2.24) is 15.5 Å². The standard InChI is InChI=1S/C32H38ClN3O5/c1-22-10-15-26(33)28(24-8-5-4-6-9-24)29(22)32(39,16-7-18-41-31(38)35-3)27-21-36(17-19-40-27)30(37)25-13-11-23(12-14-25)20-34-2/h4-6,8-15,27,34,39H,7,16-21H2,1-3H3,(H,35,38). The minimum absolute atomic E-state index is 0.108. The minimum atomic E-state index is -1.54. The topological polar surface area (TPSA) is 100 Å². The van der Waals surface area contributed by atoms with E-state index in [2.05, 4.69) is 10.6 Å². The van der Waals surface area contributed by atoms with Crippen LogP contribution in [0.15, 0.2) is 66.7 Å². The first-order chi connectivity index (χ1) is 19.8. The quantitative estimate of drug-likeness (QED) is 0.296. The Labute approximate surface area is 246 Å². The molecule has 9 heteroatoms. The van der Waals surface area contributed by atoms with Crippen molar-refractivity contribution in [3.63, 3.8) is 0 Å². The maximum Gasteiger partial charge on any atom is 0.406 e. The molecule has 1 aliphatic rings. The molecule has 1 saturated heterocycles. The molecule has 3 aromatic rings. The molecule has 2 unspecified atom stereocenters. The van der Waals surface area contributed by atoms with Crippen LogP contribution in [0.5, 0.6) is 0 Å². The number of hydrogen-bond acceptors (Lipinski definition) is 6. The number of morpholine rings is 1. The number of rotatable bonds is 10. The average Bonchev–Trinajstić information content (AvgIpc) is 3.00. The summed E-state index contributed by atoms with van der Waals surface area (Å²) in [6.07, 6.45) is -0.700. The van der Waals surface area contributed by atoms with Gasteiger partial charge in [-0.1, -0.05) is 60.1 Å². The van der Waals surface area contributed by atoms with E-state index in [9.17, 15) is 14.7 Å². The van der Waals surface area contributed by atoms with E-state index in [0.717, 1.165) is 16.7 Å². The zero-order chi connectivity index (χ0) is 29.4. The molecular formula is C32H38ClN3O5. The largest absolute Gasteiger partial charge is 0.450 e. The second-order valence-electron chi connectivity index (χ2n) is 10.2. The minimum Gasteiger partial charge on any atom is -0.450 e. The number of aryl methyl sites for hydroxylation is 1. The van der Waals surface area contributed by atoms with Crippen molar-refractivity contribution in [2.45, 2.75) is 38.0 Å². The van der Waals surface area contributed by atoms with Crippen LogP contribution in [0.4, 0.5) is 4.79 Å². The predicted molar refractivity (Wildman–Crippen MR) is 160 cm³/mol. The van der Waals surface area contributed by atoms with Crippen molar-refractivity contribution >= 4 is 23.6 Å². The van der Waals surface area contributed by atoms with Crippen LogP contribution < -0.4 is 10.6 Å². The molecule has 3 N–H and O–H groups in total. The number of carbonyl (C=O) groups excluding carboxylic acids is 2. The zero-order valence-electron chi connectivity index (χ0n) is 23.8. The first-order valence-corrected chi connectivity index (χ1v) is 14.2. The van der Waals surface area contributed by atoms with Crippen molar-refractivity contribution in [1.29, 1.82) is 0 Å². The lowest BCUT2D eigenvalue weighted by Gasteiger charge is -2.44. The summed E-state index contributed by atoms with van der Waals surface area (Å²) in [5.74, 6) is -0.120. The molecule has 41 heavy (non-hydrogen) atoms. The lowest BCUT2D eigenvalue weighted by Crippen LogP contribution is -2.55. The average molecular weight is 580 g/mol. The number of nitrogens with one attached hydrogen (secondary N) is 2. The fourth-order valence-corrected chi connectivity index (χ4v) is 5.69. The van der Waals surface area contributed by atoms with Gasteiger partial charge in [-0.2, -0.15) is 0 Å². The number of nitrogens with zero attached hydrogens (tertiary/aromatic N) is 1.